The summed E-state index contributed by atoms with van der Waals surface area (Å²) in [5.74, 6) is 0.624. The minimum atomic E-state index is 0.199. The van der Waals surface area contributed by atoms with Crippen molar-refractivity contribution in [1.82, 2.24) is 10.2 Å². The second-order valence-corrected chi connectivity index (χ2v) is 6.32. The van der Waals surface area contributed by atoms with E-state index in [0.717, 1.165) is 13.2 Å². The second kappa shape index (κ2) is 7.34. The maximum Gasteiger partial charge on any atom is 0.0615 e. The molecule has 3 atom stereocenters. The number of hydrogen-bond acceptors (Lipinski definition) is 3. The lowest BCUT2D eigenvalue weighted by Crippen LogP contribution is -2.47. The number of nitrogens with zero attached hydrogens (tertiary/aromatic N) is 1. The molecule has 1 N–H and O–H groups in total. The molecule has 0 amide bonds. The van der Waals surface area contributed by atoms with Crippen LogP contribution in [0, 0.1) is 5.92 Å². The first kappa shape index (κ1) is 16.9. The van der Waals surface area contributed by atoms with Crippen LogP contribution >= 0.6 is 0 Å². The number of hydrogen-bond donors (Lipinski definition) is 1. The molecule has 0 aliphatic carbocycles. The zero-order valence-electron chi connectivity index (χ0n) is 13.0. The van der Waals surface area contributed by atoms with Crippen molar-refractivity contribution < 1.29 is 4.74 Å². The number of methoxy groups -OCH3 is 1. The van der Waals surface area contributed by atoms with E-state index >= 15 is 0 Å². The third-order valence-electron chi connectivity index (χ3n) is 3.52. The molecule has 0 heterocycles. The normalized spacial score (nSPS) is 18.2. The van der Waals surface area contributed by atoms with Crippen molar-refractivity contribution in [3.8, 4) is 0 Å². The Morgan fingerprint density at radius 3 is 2.12 bits per heavy atom. The minimum absolute atomic E-state index is 0.199. The molecule has 0 saturated carbocycles. The lowest BCUT2D eigenvalue weighted by atomic mass is 9.99. The van der Waals surface area contributed by atoms with Gasteiger partial charge in [-0.1, -0.05) is 6.92 Å². The molecular formula is C14H32N2O. The Hall–Kier alpha value is -0.120. The molecule has 0 aromatic rings. The average Bonchev–Trinajstić information content (AvgIpc) is 2.23. The highest BCUT2D eigenvalue weighted by molar-refractivity contribution is 4.79. The Bertz CT molecular complexity index is 201. The van der Waals surface area contributed by atoms with Crippen molar-refractivity contribution in [2.24, 2.45) is 5.92 Å². The molecule has 0 rings (SSSR count). The van der Waals surface area contributed by atoms with Gasteiger partial charge in [-0.05, 0) is 54.1 Å². The molecule has 17 heavy (non-hydrogen) atoms. The van der Waals surface area contributed by atoms with Crippen LogP contribution in [-0.4, -0.2) is 49.8 Å². The Balaban J connectivity index is 4.15. The van der Waals surface area contributed by atoms with Crippen LogP contribution in [0.4, 0.5) is 0 Å². The molecule has 0 aromatic carbocycles. The fourth-order valence-electron chi connectivity index (χ4n) is 1.80. The number of ether oxygens (including phenoxy) is 1. The maximum atomic E-state index is 5.21. The van der Waals surface area contributed by atoms with E-state index in [2.05, 4.69) is 58.8 Å². The third-order valence-corrected chi connectivity index (χ3v) is 3.52. The maximum absolute atomic E-state index is 5.21. The number of rotatable bonds is 7. The molecule has 0 saturated heterocycles. The van der Waals surface area contributed by atoms with Crippen LogP contribution in [0.2, 0.25) is 0 Å². The average molecular weight is 244 g/mol. The monoisotopic (exact) mass is 244 g/mol. The molecular weight excluding hydrogens is 212 g/mol. The van der Waals surface area contributed by atoms with E-state index in [4.69, 9.17) is 4.74 Å². The first-order valence-electron chi connectivity index (χ1n) is 6.65. The third kappa shape index (κ3) is 7.02. The molecule has 104 valence electrons. The van der Waals surface area contributed by atoms with E-state index in [1.165, 1.54) is 0 Å². The highest BCUT2D eigenvalue weighted by Gasteiger charge is 2.22. The van der Waals surface area contributed by atoms with Crippen molar-refractivity contribution in [3.05, 3.63) is 0 Å². The molecule has 0 aliphatic rings. The highest BCUT2D eigenvalue weighted by atomic mass is 16.5. The Kier molecular flexibility index (Phi) is 7.29. The summed E-state index contributed by atoms with van der Waals surface area (Å²) in [6.45, 7) is 15.3. The van der Waals surface area contributed by atoms with E-state index in [1.807, 2.05) is 0 Å². The van der Waals surface area contributed by atoms with Gasteiger partial charge >= 0.3 is 0 Å². The fourth-order valence-corrected chi connectivity index (χ4v) is 1.80. The molecule has 3 unspecified atom stereocenters. The van der Waals surface area contributed by atoms with Crippen LogP contribution in [0.15, 0.2) is 0 Å². The fraction of sp³-hybridized carbons (Fsp3) is 1.00. The Morgan fingerprint density at radius 2 is 1.71 bits per heavy atom. The molecule has 0 aromatic heterocycles. The van der Waals surface area contributed by atoms with Gasteiger partial charge in [0.05, 0.1) is 6.61 Å². The van der Waals surface area contributed by atoms with E-state index in [-0.39, 0.29) is 5.54 Å². The first-order chi connectivity index (χ1) is 7.69. The van der Waals surface area contributed by atoms with E-state index in [9.17, 15) is 0 Å². The van der Waals surface area contributed by atoms with Crippen molar-refractivity contribution in [2.75, 3.05) is 27.3 Å². The van der Waals surface area contributed by atoms with Gasteiger partial charge in [-0.3, -0.25) is 4.90 Å². The molecule has 0 bridgehead atoms. The summed E-state index contributed by atoms with van der Waals surface area (Å²) in [7, 11) is 3.95. The zero-order chi connectivity index (χ0) is 13.6. The van der Waals surface area contributed by atoms with Crippen LogP contribution in [0.25, 0.3) is 0 Å². The lowest BCUT2D eigenvalue weighted by Gasteiger charge is -2.35. The van der Waals surface area contributed by atoms with Crippen LogP contribution in [0.1, 0.15) is 41.5 Å². The van der Waals surface area contributed by atoms with E-state index in [1.54, 1.807) is 7.11 Å². The summed E-state index contributed by atoms with van der Waals surface area (Å²) in [5, 5.41) is 3.57. The SMILES string of the molecule is COCC(C)N(C)C(C)C(C)CNC(C)(C)C. The van der Waals surface area contributed by atoms with Gasteiger partial charge < -0.3 is 10.1 Å². The molecule has 0 radical (unpaired) electrons. The van der Waals surface area contributed by atoms with Gasteiger partial charge in [0.1, 0.15) is 0 Å². The van der Waals surface area contributed by atoms with E-state index < -0.39 is 0 Å². The van der Waals surface area contributed by atoms with Gasteiger partial charge in [-0.25, -0.2) is 0 Å². The minimum Gasteiger partial charge on any atom is -0.383 e. The van der Waals surface area contributed by atoms with Gasteiger partial charge in [0, 0.05) is 24.7 Å². The van der Waals surface area contributed by atoms with E-state index in [0.29, 0.717) is 18.0 Å². The zero-order valence-corrected chi connectivity index (χ0v) is 13.0. The summed E-state index contributed by atoms with van der Waals surface area (Å²) >= 11 is 0. The topological polar surface area (TPSA) is 24.5 Å². The molecule has 0 aliphatic heterocycles. The predicted octanol–water partition coefficient (Wildman–Crippen LogP) is 2.37. The van der Waals surface area contributed by atoms with Crippen LogP contribution in [-0.2, 0) is 4.74 Å². The summed E-state index contributed by atoms with van der Waals surface area (Å²) in [6.07, 6.45) is 0. The summed E-state index contributed by atoms with van der Waals surface area (Å²) in [4.78, 5) is 2.40. The first-order valence-corrected chi connectivity index (χ1v) is 6.65. The molecule has 3 nitrogen and oxygen atoms in total. The van der Waals surface area contributed by atoms with Crippen LogP contribution in [0.5, 0.6) is 0 Å². The van der Waals surface area contributed by atoms with Gasteiger partial charge in [-0.15, -0.1) is 0 Å². The van der Waals surface area contributed by atoms with Gasteiger partial charge in [-0.2, -0.15) is 0 Å². The lowest BCUT2D eigenvalue weighted by molar-refractivity contribution is 0.0757. The Morgan fingerprint density at radius 1 is 1.18 bits per heavy atom. The second-order valence-electron chi connectivity index (χ2n) is 6.32. The summed E-state index contributed by atoms with van der Waals surface area (Å²) < 4.78 is 5.21. The molecule has 0 spiro atoms. The van der Waals surface area contributed by atoms with Crippen LogP contribution in [0.3, 0.4) is 0 Å². The van der Waals surface area contributed by atoms with Crippen molar-refractivity contribution in [1.29, 1.82) is 0 Å². The molecule has 0 fully saturated rings. The Labute approximate surface area is 108 Å². The summed E-state index contributed by atoms with van der Waals surface area (Å²) in [6, 6.07) is 1.02. The smallest absolute Gasteiger partial charge is 0.0615 e. The van der Waals surface area contributed by atoms with Crippen molar-refractivity contribution >= 4 is 0 Å². The standard InChI is InChI=1S/C14H32N2O/c1-11(9-15-14(4,5)6)13(3)16(7)12(2)10-17-8/h11-13,15H,9-10H2,1-8H3. The number of likely N-dealkylation sites (N-methyl/N-ethyl adjacent to an activating group) is 1. The predicted molar refractivity (Wildman–Crippen MR) is 75.5 cm³/mol. The van der Waals surface area contributed by atoms with Gasteiger partial charge in [0.2, 0.25) is 0 Å². The highest BCUT2D eigenvalue weighted by Crippen LogP contribution is 2.13. The summed E-state index contributed by atoms with van der Waals surface area (Å²) in [5.41, 5.74) is 0.199. The van der Waals surface area contributed by atoms with Crippen molar-refractivity contribution in [3.63, 3.8) is 0 Å². The quantitative estimate of drug-likeness (QED) is 0.744. The van der Waals surface area contributed by atoms with Gasteiger partial charge in [0.15, 0.2) is 0 Å². The largest absolute Gasteiger partial charge is 0.383 e. The van der Waals surface area contributed by atoms with Crippen molar-refractivity contribution in [2.45, 2.75) is 59.2 Å². The molecule has 3 heteroatoms. The van der Waals surface area contributed by atoms with Crippen LogP contribution < -0.4 is 5.32 Å². The van der Waals surface area contributed by atoms with Gasteiger partial charge in [0.25, 0.3) is 0 Å². The number of nitrogens with one attached hydrogen (secondary N) is 1.